The van der Waals surface area contributed by atoms with Gasteiger partial charge in [0, 0.05) is 28.2 Å². The first kappa shape index (κ1) is 15.1. The summed E-state index contributed by atoms with van der Waals surface area (Å²) >= 11 is 15.1. The molecular weight excluding hydrogens is 367 g/mol. The smallest absolute Gasteiger partial charge is 0.270 e. The molecule has 0 heterocycles. The Hall–Kier alpha value is -1.30. The second-order valence-electron chi connectivity index (χ2n) is 4.05. The van der Waals surface area contributed by atoms with Crippen molar-refractivity contribution in [2.75, 3.05) is 5.32 Å². The van der Waals surface area contributed by atoms with Crippen molar-refractivity contribution in [3.8, 4) is 0 Å². The van der Waals surface area contributed by atoms with Crippen LogP contribution in [0.3, 0.4) is 0 Å². The molecule has 2 rings (SSSR count). The van der Waals surface area contributed by atoms with Gasteiger partial charge in [0.1, 0.15) is 0 Å². The second kappa shape index (κ2) is 6.43. The Morgan fingerprint density at radius 3 is 2.60 bits per heavy atom. The first-order valence-corrected chi connectivity index (χ1v) is 7.13. The quantitative estimate of drug-likeness (QED) is 0.584. The summed E-state index contributed by atoms with van der Waals surface area (Å²) in [4.78, 5) is 10.4. The van der Waals surface area contributed by atoms with E-state index in [1.165, 1.54) is 12.1 Å². The van der Waals surface area contributed by atoms with Gasteiger partial charge in [0.05, 0.1) is 15.6 Å². The maximum Gasteiger partial charge on any atom is 0.270 e. The molecule has 2 aromatic carbocycles. The predicted octanol–water partition coefficient (Wildman–Crippen LogP) is 5.28. The minimum Gasteiger partial charge on any atom is -0.380 e. The largest absolute Gasteiger partial charge is 0.380 e. The standard InChI is InChI=1S/C13H9BrCl2N2O2/c14-9-3-8(4-11(5-9)18(19)20)7-17-13-2-1-10(15)6-12(13)16/h1-6,17H,7H2. The van der Waals surface area contributed by atoms with Crippen molar-refractivity contribution in [3.05, 3.63) is 66.6 Å². The molecule has 1 N–H and O–H groups in total. The molecule has 0 atom stereocenters. The fourth-order valence-electron chi connectivity index (χ4n) is 1.67. The van der Waals surface area contributed by atoms with Gasteiger partial charge in [-0.25, -0.2) is 0 Å². The van der Waals surface area contributed by atoms with Crippen LogP contribution < -0.4 is 5.32 Å². The predicted molar refractivity (Wildman–Crippen MR) is 84.6 cm³/mol. The summed E-state index contributed by atoms with van der Waals surface area (Å²) in [5, 5.41) is 15.0. The Balaban J connectivity index is 2.16. The van der Waals surface area contributed by atoms with Gasteiger partial charge >= 0.3 is 0 Å². The molecule has 0 spiro atoms. The van der Waals surface area contributed by atoms with Crippen LogP contribution in [0.2, 0.25) is 10.0 Å². The SMILES string of the molecule is O=[N+]([O-])c1cc(Br)cc(CNc2ccc(Cl)cc2Cl)c1. The molecule has 0 saturated heterocycles. The summed E-state index contributed by atoms with van der Waals surface area (Å²) in [6.45, 7) is 0.418. The molecule has 0 radical (unpaired) electrons. The molecule has 0 saturated carbocycles. The highest BCUT2D eigenvalue weighted by atomic mass is 79.9. The van der Waals surface area contributed by atoms with Crippen molar-refractivity contribution < 1.29 is 4.92 Å². The Morgan fingerprint density at radius 1 is 1.20 bits per heavy atom. The van der Waals surface area contributed by atoms with Crippen molar-refractivity contribution in [2.45, 2.75) is 6.54 Å². The molecule has 7 heteroatoms. The summed E-state index contributed by atoms with van der Waals surface area (Å²) in [6, 6.07) is 9.90. The number of nitro benzene ring substituents is 1. The third kappa shape index (κ3) is 3.85. The Labute approximate surface area is 134 Å². The molecular formula is C13H9BrCl2N2O2. The lowest BCUT2D eigenvalue weighted by Crippen LogP contribution is -2.01. The molecule has 0 amide bonds. The van der Waals surface area contributed by atoms with E-state index >= 15 is 0 Å². The number of anilines is 1. The van der Waals surface area contributed by atoms with Crippen LogP contribution in [0.25, 0.3) is 0 Å². The van der Waals surface area contributed by atoms with E-state index in [0.717, 1.165) is 11.3 Å². The molecule has 0 bridgehead atoms. The third-order valence-corrected chi connectivity index (χ3v) is 3.57. The van der Waals surface area contributed by atoms with Crippen LogP contribution in [0, 0.1) is 10.1 Å². The molecule has 0 aromatic heterocycles. The monoisotopic (exact) mass is 374 g/mol. The zero-order valence-corrected chi connectivity index (χ0v) is 13.2. The van der Waals surface area contributed by atoms with Crippen molar-refractivity contribution in [3.63, 3.8) is 0 Å². The summed E-state index contributed by atoms with van der Waals surface area (Å²) in [5.74, 6) is 0. The summed E-state index contributed by atoms with van der Waals surface area (Å²) in [7, 11) is 0. The molecule has 20 heavy (non-hydrogen) atoms. The molecule has 0 aliphatic heterocycles. The lowest BCUT2D eigenvalue weighted by Gasteiger charge is -2.09. The molecule has 0 unspecified atom stereocenters. The van der Waals surface area contributed by atoms with E-state index in [-0.39, 0.29) is 5.69 Å². The van der Waals surface area contributed by atoms with Gasteiger partial charge in [-0.05, 0) is 29.8 Å². The van der Waals surface area contributed by atoms with Gasteiger partial charge < -0.3 is 5.32 Å². The maximum atomic E-state index is 10.8. The Morgan fingerprint density at radius 2 is 1.95 bits per heavy atom. The van der Waals surface area contributed by atoms with E-state index in [2.05, 4.69) is 21.2 Å². The van der Waals surface area contributed by atoms with Crippen LogP contribution in [0.4, 0.5) is 11.4 Å². The second-order valence-corrected chi connectivity index (χ2v) is 5.81. The summed E-state index contributed by atoms with van der Waals surface area (Å²) in [5.41, 5.74) is 1.54. The van der Waals surface area contributed by atoms with Crippen molar-refractivity contribution in [1.82, 2.24) is 0 Å². The topological polar surface area (TPSA) is 55.2 Å². The number of nitrogens with one attached hydrogen (secondary N) is 1. The zero-order valence-electron chi connectivity index (χ0n) is 10.1. The first-order chi connectivity index (χ1) is 9.45. The van der Waals surface area contributed by atoms with Gasteiger partial charge in [-0.15, -0.1) is 0 Å². The number of benzene rings is 2. The average molecular weight is 376 g/mol. The average Bonchev–Trinajstić information content (AvgIpc) is 2.37. The number of hydrogen-bond donors (Lipinski definition) is 1. The maximum absolute atomic E-state index is 10.8. The number of halogens is 3. The Kier molecular flexibility index (Phi) is 4.86. The van der Waals surface area contributed by atoms with E-state index in [1.54, 1.807) is 18.2 Å². The van der Waals surface area contributed by atoms with Crippen LogP contribution in [0.1, 0.15) is 5.56 Å². The number of hydrogen-bond acceptors (Lipinski definition) is 3. The lowest BCUT2D eigenvalue weighted by molar-refractivity contribution is -0.385. The van der Waals surface area contributed by atoms with Gasteiger partial charge in [-0.1, -0.05) is 39.1 Å². The van der Waals surface area contributed by atoms with Crippen LogP contribution in [0.15, 0.2) is 40.9 Å². The normalized spacial score (nSPS) is 10.3. The number of nitrogens with zero attached hydrogens (tertiary/aromatic N) is 1. The van der Waals surface area contributed by atoms with Crippen LogP contribution >= 0.6 is 39.1 Å². The van der Waals surface area contributed by atoms with Crippen molar-refractivity contribution in [2.24, 2.45) is 0 Å². The summed E-state index contributed by atoms with van der Waals surface area (Å²) in [6.07, 6.45) is 0. The van der Waals surface area contributed by atoms with E-state index in [9.17, 15) is 10.1 Å². The van der Waals surface area contributed by atoms with Gasteiger partial charge in [0.2, 0.25) is 0 Å². The van der Waals surface area contributed by atoms with Crippen molar-refractivity contribution >= 4 is 50.5 Å². The highest BCUT2D eigenvalue weighted by molar-refractivity contribution is 9.10. The zero-order chi connectivity index (χ0) is 14.7. The molecule has 2 aromatic rings. The highest BCUT2D eigenvalue weighted by Crippen LogP contribution is 2.27. The Bertz CT molecular complexity index is 665. The van der Waals surface area contributed by atoms with Gasteiger partial charge in [-0.3, -0.25) is 10.1 Å². The number of nitro groups is 1. The minimum atomic E-state index is -0.427. The van der Waals surface area contributed by atoms with E-state index in [0.29, 0.717) is 21.1 Å². The van der Waals surface area contributed by atoms with E-state index in [1.807, 2.05) is 6.07 Å². The summed E-state index contributed by atoms with van der Waals surface area (Å²) < 4.78 is 0.658. The van der Waals surface area contributed by atoms with Gasteiger partial charge in [-0.2, -0.15) is 0 Å². The van der Waals surface area contributed by atoms with Crippen LogP contribution in [0.5, 0.6) is 0 Å². The van der Waals surface area contributed by atoms with Crippen LogP contribution in [-0.2, 0) is 6.54 Å². The van der Waals surface area contributed by atoms with E-state index < -0.39 is 4.92 Å². The van der Waals surface area contributed by atoms with Crippen molar-refractivity contribution in [1.29, 1.82) is 0 Å². The fourth-order valence-corrected chi connectivity index (χ4v) is 2.67. The fraction of sp³-hybridized carbons (Fsp3) is 0.0769. The first-order valence-electron chi connectivity index (χ1n) is 5.58. The highest BCUT2D eigenvalue weighted by Gasteiger charge is 2.09. The molecule has 0 aliphatic rings. The molecule has 0 aliphatic carbocycles. The molecule has 0 fully saturated rings. The van der Waals surface area contributed by atoms with Gasteiger partial charge in [0.25, 0.3) is 5.69 Å². The van der Waals surface area contributed by atoms with E-state index in [4.69, 9.17) is 23.2 Å². The molecule has 4 nitrogen and oxygen atoms in total. The number of non-ortho nitro benzene ring substituents is 1. The van der Waals surface area contributed by atoms with Gasteiger partial charge in [0.15, 0.2) is 0 Å². The lowest BCUT2D eigenvalue weighted by atomic mass is 10.2. The third-order valence-electron chi connectivity index (χ3n) is 2.57. The molecule has 104 valence electrons. The number of rotatable bonds is 4. The van der Waals surface area contributed by atoms with Crippen LogP contribution in [-0.4, -0.2) is 4.92 Å². The minimum absolute atomic E-state index is 0.0402.